The van der Waals surface area contributed by atoms with Crippen LogP contribution in [0.5, 0.6) is 17.2 Å². The number of allylic oxidation sites excluding steroid dienone is 1. The summed E-state index contributed by atoms with van der Waals surface area (Å²) in [7, 11) is 6.67. The minimum atomic E-state index is 0. The van der Waals surface area contributed by atoms with E-state index in [4.69, 9.17) is 14.2 Å². The van der Waals surface area contributed by atoms with Gasteiger partial charge in [0.25, 0.3) is 0 Å². The van der Waals surface area contributed by atoms with Crippen molar-refractivity contribution in [1.82, 2.24) is 10.6 Å². The van der Waals surface area contributed by atoms with Gasteiger partial charge in [0.2, 0.25) is 0 Å². The predicted molar refractivity (Wildman–Crippen MR) is 121 cm³/mol. The van der Waals surface area contributed by atoms with Crippen molar-refractivity contribution in [1.29, 1.82) is 0 Å². The van der Waals surface area contributed by atoms with Crippen molar-refractivity contribution in [3.63, 3.8) is 0 Å². The van der Waals surface area contributed by atoms with Crippen LogP contribution >= 0.6 is 24.0 Å². The smallest absolute Gasteiger partial charge is 0.191 e. The number of aliphatic imine (C=N–C) groups is 1. The Labute approximate surface area is 179 Å². The Kier molecular flexibility index (Phi) is 11.0. The van der Waals surface area contributed by atoms with Gasteiger partial charge in [0.15, 0.2) is 17.5 Å². The number of rotatable bonds is 8. The van der Waals surface area contributed by atoms with Crippen LogP contribution in [0.25, 0.3) is 0 Å². The Morgan fingerprint density at radius 3 is 2.30 bits per heavy atom. The third-order valence-electron chi connectivity index (χ3n) is 4.58. The second-order valence-corrected chi connectivity index (χ2v) is 6.23. The van der Waals surface area contributed by atoms with Crippen molar-refractivity contribution in [2.24, 2.45) is 4.99 Å². The van der Waals surface area contributed by atoms with Gasteiger partial charge < -0.3 is 24.8 Å². The van der Waals surface area contributed by atoms with Gasteiger partial charge in [0.1, 0.15) is 5.75 Å². The highest BCUT2D eigenvalue weighted by atomic mass is 127. The van der Waals surface area contributed by atoms with Crippen LogP contribution in [0.4, 0.5) is 0 Å². The van der Waals surface area contributed by atoms with E-state index >= 15 is 0 Å². The summed E-state index contributed by atoms with van der Waals surface area (Å²) in [6.07, 6.45) is 8.55. The molecule has 2 N–H and O–H groups in total. The van der Waals surface area contributed by atoms with Crippen molar-refractivity contribution in [3.8, 4) is 17.2 Å². The molecular formula is C20H32IN3O3. The molecule has 6 nitrogen and oxygen atoms in total. The Balaban J connectivity index is 0.00000364. The molecule has 0 heterocycles. The number of guanidine groups is 1. The molecule has 0 aromatic heterocycles. The molecule has 152 valence electrons. The van der Waals surface area contributed by atoms with E-state index in [0.29, 0.717) is 18.0 Å². The Bertz CT molecular complexity index is 648. The molecule has 0 fully saturated rings. The highest BCUT2D eigenvalue weighted by molar-refractivity contribution is 14.0. The zero-order valence-corrected chi connectivity index (χ0v) is 19.1. The van der Waals surface area contributed by atoms with Crippen LogP contribution in [0, 0.1) is 0 Å². The van der Waals surface area contributed by atoms with E-state index in [1.165, 1.54) is 25.7 Å². The number of hydrogen-bond donors (Lipinski definition) is 2. The zero-order valence-electron chi connectivity index (χ0n) is 16.8. The topological polar surface area (TPSA) is 64.1 Å². The van der Waals surface area contributed by atoms with Crippen molar-refractivity contribution < 1.29 is 14.2 Å². The first-order valence-corrected chi connectivity index (χ1v) is 9.13. The molecule has 0 aliphatic heterocycles. The maximum absolute atomic E-state index is 5.47. The van der Waals surface area contributed by atoms with E-state index in [-0.39, 0.29) is 24.0 Å². The maximum Gasteiger partial charge on any atom is 0.191 e. The summed E-state index contributed by atoms with van der Waals surface area (Å²) in [5.41, 5.74) is 2.53. The number of nitrogens with zero attached hydrogens (tertiary/aromatic N) is 1. The van der Waals surface area contributed by atoms with Crippen LogP contribution < -0.4 is 24.8 Å². The van der Waals surface area contributed by atoms with Crippen LogP contribution in [-0.4, -0.2) is 40.9 Å². The van der Waals surface area contributed by atoms with Crippen molar-refractivity contribution in [2.75, 3.05) is 34.9 Å². The molecule has 0 radical (unpaired) electrons. The van der Waals surface area contributed by atoms with E-state index in [2.05, 4.69) is 21.7 Å². The molecular weight excluding hydrogens is 457 g/mol. The van der Waals surface area contributed by atoms with Crippen LogP contribution in [0.3, 0.4) is 0 Å². The fraction of sp³-hybridized carbons (Fsp3) is 0.550. The molecule has 27 heavy (non-hydrogen) atoms. The lowest BCUT2D eigenvalue weighted by Gasteiger charge is -2.17. The molecule has 0 saturated carbocycles. The summed E-state index contributed by atoms with van der Waals surface area (Å²) < 4.78 is 16.2. The Morgan fingerprint density at radius 2 is 1.70 bits per heavy atom. The fourth-order valence-corrected chi connectivity index (χ4v) is 3.10. The van der Waals surface area contributed by atoms with Gasteiger partial charge in [-0.3, -0.25) is 4.99 Å². The molecule has 2 rings (SSSR count). The molecule has 0 bridgehead atoms. The molecule has 0 atom stereocenters. The van der Waals surface area contributed by atoms with E-state index in [0.717, 1.165) is 30.2 Å². The molecule has 0 saturated heterocycles. The number of ether oxygens (including phenoxy) is 3. The van der Waals surface area contributed by atoms with Gasteiger partial charge in [-0.1, -0.05) is 11.6 Å². The minimum Gasteiger partial charge on any atom is -0.496 e. The van der Waals surface area contributed by atoms with E-state index in [1.54, 1.807) is 34.0 Å². The van der Waals surface area contributed by atoms with Gasteiger partial charge in [0.05, 0.1) is 21.3 Å². The van der Waals surface area contributed by atoms with Gasteiger partial charge in [-0.2, -0.15) is 0 Å². The van der Waals surface area contributed by atoms with Gasteiger partial charge in [-0.05, 0) is 38.2 Å². The van der Waals surface area contributed by atoms with E-state index in [1.807, 2.05) is 12.1 Å². The first-order chi connectivity index (χ1) is 12.7. The van der Waals surface area contributed by atoms with Gasteiger partial charge in [0, 0.05) is 31.8 Å². The Morgan fingerprint density at radius 1 is 1.00 bits per heavy atom. The number of halogens is 1. The number of methoxy groups -OCH3 is 3. The molecule has 0 unspecified atom stereocenters. The largest absolute Gasteiger partial charge is 0.496 e. The highest BCUT2D eigenvalue weighted by Gasteiger charge is 2.12. The van der Waals surface area contributed by atoms with Gasteiger partial charge in [-0.15, -0.1) is 24.0 Å². The Hall–Kier alpha value is -1.64. The normalized spacial score (nSPS) is 13.9. The second-order valence-electron chi connectivity index (χ2n) is 6.23. The fourth-order valence-electron chi connectivity index (χ4n) is 3.10. The van der Waals surface area contributed by atoms with Crippen LogP contribution in [0.15, 0.2) is 28.8 Å². The van der Waals surface area contributed by atoms with Crippen molar-refractivity contribution in [2.45, 2.75) is 38.6 Å². The molecule has 0 amide bonds. The van der Waals surface area contributed by atoms with Crippen molar-refractivity contribution >= 4 is 29.9 Å². The average Bonchev–Trinajstić information content (AvgIpc) is 2.70. The summed E-state index contributed by atoms with van der Waals surface area (Å²) >= 11 is 0. The molecule has 0 spiro atoms. The zero-order chi connectivity index (χ0) is 18.8. The summed E-state index contributed by atoms with van der Waals surface area (Å²) in [6, 6.07) is 3.76. The van der Waals surface area contributed by atoms with Crippen LogP contribution in [-0.2, 0) is 6.54 Å². The van der Waals surface area contributed by atoms with Gasteiger partial charge in [-0.25, -0.2) is 0 Å². The molecule has 1 aliphatic carbocycles. The predicted octanol–water partition coefficient (Wildman–Crippen LogP) is 3.89. The van der Waals surface area contributed by atoms with Gasteiger partial charge >= 0.3 is 0 Å². The third-order valence-corrected chi connectivity index (χ3v) is 4.58. The van der Waals surface area contributed by atoms with Crippen molar-refractivity contribution in [3.05, 3.63) is 29.3 Å². The lowest BCUT2D eigenvalue weighted by molar-refractivity contribution is 0.347. The quantitative estimate of drug-likeness (QED) is 0.251. The number of benzene rings is 1. The standard InChI is InChI=1S/C20H31N3O3.HI/c1-21-20(22-11-10-15-8-6-5-7-9-15)23-14-16-12-18(25-3)19(26-4)13-17(16)24-2;/h8,12-13H,5-7,9-11,14H2,1-4H3,(H2,21,22,23);1H. The third kappa shape index (κ3) is 7.12. The average molecular weight is 489 g/mol. The van der Waals surface area contributed by atoms with Crippen LogP contribution in [0.1, 0.15) is 37.7 Å². The first kappa shape index (κ1) is 23.4. The minimum absolute atomic E-state index is 0. The molecule has 1 aromatic carbocycles. The second kappa shape index (κ2) is 12.7. The first-order valence-electron chi connectivity index (χ1n) is 9.13. The molecule has 7 heteroatoms. The lowest BCUT2D eigenvalue weighted by Crippen LogP contribution is -2.37. The maximum atomic E-state index is 5.47. The SMILES string of the molecule is CN=C(NCCC1=CCCCC1)NCc1cc(OC)c(OC)cc1OC.I. The van der Waals surface area contributed by atoms with E-state index < -0.39 is 0 Å². The number of nitrogens with one attached hydrogen (secondary N) is 2. The number of hydrogen-bond acceptors (Lipinski definition) is 4. The van der Waals surface area contributed by atoms with E-state index in [9.17, 15) is 0 Å². The lowest BCUT2D eigenvalue weighted by atomic mass is 9.97. The summed E-state index contributed by atoms with van der Waals surface area (Å²) in [6.45, 7) is 1.46. The summed E-state index contributed by atoms with van der Waals surface area (Å²) in [4.78, 5) is 4.30. The van der Waals surface area contributed by atoms with Crippen LogP contribution in [0.2, 0.25) is 0 Å². The summed E-state index contributed by atoms with van der Waals surface area (Å²) in [5, 5.41) is 6.71. The highest BCUT2D eigenvalue weighted by Crippen LogP contribution is 2.34. The molecule has 1 aliphatic rings. The molecule has 1 aromatic rings. The summed E-state index contributed by atoms with van der Waals surface area (Å²) in [5.74, 6) is 2.85. The monoisotopic (exact) mass is 489 g/mol.